The summed E-state index contributed by atoms with van der Waals surface area (Å²) in [6.07, 6.45) is 3.54. The van der Waals surface area contributed by atoms with E-state index in [4.69, 9.17) is 0 Å². The van der Waals surface area contributed by atoms with Gasteiger partial charge in [-0.2, -0.15) is 0 Å². The van der Waals surface area contributed by atoms with Crippen LogP contribution in [0.2, 0.25) is 0 Å². The van der Waals surface area contributed by atoms with Crippen LogP contribution in [0, 0.1) is 0 Å². The summed E-state index contributed by atoms with van der Waals surface area (Å²) < 4.78 is 0. The van der Waals surface area contributed by atoms with E-state index in [9.17, 15) is 0 Å². The first kappa shape index (κ1) is 13.5. The van der Waals surface area contributed by atoms with Crippen molar-refractivity contribution in [2.45, 2.75) is 33.1 Å². The van der Waals surface area contributed by atoms with Crippen LogP contribution >= 0.6 is 0 Å². The highest BCUT2D eigenvalue weighted by Gasteiger charge is 2.18. The summed E-state index contributed by atoms with van der Waals surface area (Å²) in [6.45, 7) is 9.35. The SMILES string of the molecule is CCNc1cc(C(C)(C)C)nc(-c2cccnc2)n1. The van der Waals surface area contributed by atoms with Crippen LogP contribution < -0.4 is 5.32 Å². The summed E-state index contributed by atoms with van der Waals surface area (Å²) in [6, 6.07) is 5.89. The molecule has 4 nitrogen and oxygen atoms in total. The monoisotopic (exact) mass is 256 g/mol. The van der Waals surface area contributed by atoms with Crippen LogP contribution in [0.25, 0.3) is 11.4 Å². The molecule has 0 saturated heterocycles. The number of aromatic nitrogens is 3. The van der Waals surface area contributed by atoms with Gasteiger partial charge in [0.15, 0.2) is 5.82 Å². The van der Waals surface area contributed by atoms with Gasteiger partial charge in [0, 0.05) is 36.0 Å². The molecule has 0 aliphatic carbocycles. The average molecular weight is 256 g/mol. The molecular weight excluding hydrogens is 236 g/mol. The Kier molecular flexibility index (Phi) is 3.79. The Bertz CT molecular complexity index is 544. The maximum Gasteiger partial charge on any atom is 0.163 e. The van der Waals surface area contributed by atoms with E-state index < -0.39 is 0 Å². The van der Waals surface area contributed by atoms with Crippen LogP contribution in [0.1, 0.15) is 33.4 Å². The summed E-state index contributed by atoms with van der Waals surface area (Å²) >= 11 is 0. The minimum atomic E-state index is -0.00985. The van der Waals surface area contributed by atoms with Gasteiger partial charge in [-0.25, -0.2) is 9.97 Å². The van der Waals surface area contributed by atoms with Crippen molar-refractivity contribution < 1.29 is 0 Å². The molecule has 0 spiro atoms. The van der Waals surface area contributed by atoms with Crippen LogP contribution in [0.5, 0.6) is 0 Å². The molecule has 0 fully saturated rings. The van der Waals surface area contributed by atoms with Gasteiger partial charge in [0.1, 0.15) is 5.82 Å². The molecule has 0 aliphatic rings. The highest BCUT2D eigenvalue weighted by Crippen LogP contribution is 2.25. The van der Waals surface area contributed by atoms with Crippen molar-refractivity contribution in [2.24, 2.45) is 0 Å². The molecule has 2 aromatic rings. The lowest BCUT2D eigenvalue weighted by atomic mass is 9.92. The number of rotatable bonds is 3. The number of anilines is 1. The Hall–Kier alpha value is -1.97. The van der Waals surface area contributed by atoms with Crippen LogP contribution in [0.4, 0.5) is 5.82 Å². The molecule has 0 unspecified atom stereocenters. The van der Waals surface area contributed by atoms with Crippen molar-refractivity contribution in [1.29, 1.82) is 0 Å². The molecule has 2 rings (SSSR count). The van der Waals surface area contributed by atoms with Crippen molar-refractivity contribution in [2.75, 3.05) is 11.9 Å². The molecular formula is C15H20N4. The molecule has 0 aliphatic heterocycles. The van der Waals surface area contributed by atoms with E-state index in [-0.39, 0.29) is 5.41 Å². The van der Waals surface area contributed by atoms with E-state index in [2.05, 4.69) is 48.0 Å². The van der Waals surface area contributed by atoms with E-state index in [0.717, 1.165) is 29.4 Å². The van der Waals surface area contributed by atoms with Crippen LogP contribution in [-0.2, 0) is 5.41 Å². The van der Waals surface area contributed by atoms with Gasteiger partial charge in [-0.05, 0) is 19.1 Å². The van der Waals surface area contributed by atoms with Crippen molar-refractivity contribution >= 4 is 5.82 Å². The Morgan fingerprint density at radius 1 is 1.21 bits per heavy atom. The first-order chi connectivity index (χ1) is 9.00. The molecule has 19 heavy (non-hydrogen) atoms. The van der Waals surface area contributed by atoms with Crippen LogP contribution in [-0.4, -0.2) is 21.5 Å². The van der Waals surface area contributed by atoms with E-state index >= 15 is 0 Å². The molecule has 0 amide bonds. The summed E-state index contributed by atoms with van der Waals surface area (Å²) in [4.78, 5) is 13.3. The molecule has 2 heterocycles. The third-order valence-electron chi connectivity index (χ3n) is 2.77. The fourth-order valence-corrected chi connectivity index (χ4v) is 1.73. The third-order valence-corrected chi connectivity index (χ3v) is 2.77. The maximum absolute atomic E-state index is 4.67. The topological polar surface area (TPSA) is 50.7 Å². The molecule has 0 saturated carbocycles. The van der Waals surface area contributed by atoms with Crippen molar-refractivity contribution in [3.05, 3.63) is 36.3 Å². The third kappa shape index (κ3) is 3.28. The highest BCUT2D eigenvalue weighted by atomic mass is 15.0. The average Bonchev–Trinajstić information content (AvgIpc) is 2.39. The van der Waals surface area contributed by atoms with Crippen LogP contribution in [0.3, 0.4) is 0 Å². The largest absolute Gasteiger partial charge is 0.370 e. The predicted molar refractivity (Wildman–Crippen MR) is 78.1 cm³/mol. The second kappa shape index (κ2) is 5.34. The van der Waals surface area contributed by atoms with E-state index in [1.165, 1.54) is 0 Å². The zero-order valence-corrected chi connectivity index (χ0v) is 11.9. The van der Waals surface area contributed by atoms with Crippen molar-refractivity contribution in [1.82, 2.24) is 15.0 Å². The molecule has 0 aromatic carbocycles. The first-order valence-electron chi connectivity index (χ1n) is 6.54. The molecule has 0 radical (unpaired) electrons. The predicted octanol–water partition coefficient (Wildman–Crippen LogP) is 3.27. The summed E-state index contributed by atoms with van der Waals surface area (Å²) in [5.74, 6) is 1.58. The summed E-state index contributed by atoms with van der Waals surface area (Å²) in [5, 5.41) is 3.26. The number of hydrogen-bond acceptors (Lipinski definition) is 4. The number of nitrogens with zero attached hydrogens (tertiary/aromatic N) is 3. The molecule has 100 valence electrons. The Labute approximate surface area is 114 Å². The molecule has 1 N–H and O–H groups in total. The van der Waals surface area contributed by atoms with Crippen LogP contribution in [0.15, 0.2) is 30.6 Å². The molecule has 4 heteroatoms. The Morgan fingerprint density at radius 2 is 2.00 bits per heavy atom. The first-order valence-corrected chi connectivity index (χ1v) is 6.54. The zero-order valence-electron chi connectivity index (χ0n) is 11.9. The fraction of sp³-hybridized carbons (Fsp3) is 0.400. The lowest BCUT2D eigenvalue weighted by Gasteiger charge is -2.19. The van der Waals surface area contributed by atoms with Gasteiger partial charge in [-0.1, -0.05) is 20.8 Å². The quantitative estimate of drug-likeness (QED) is 0.915. The minimum Gasteiger partial charge on any atom is -0.370 e. The van der Waals surface area contributed by atoms with Gasteiger partial charge >= 0.3 is 0 Å². The Balaban J connectivity index is 2.52. The standard InChI is InChI=1S/C15H20N4/c1-5-17-13-9-12(15(2,3)4)18-14(19-13)11-7-6-8-16-10-11/h6-10H,5H2,1-4H3,(H,17,18,19). The van der Waals surface area contributed by atoms with Gasteiger partial charge in [0.25, 0.3) is 0 Å². The summed E-state index contributed by atoms with van der Waals surface area (Å²) in [7, 11) is 0. The van der Waals surface area contributed by atoms with E-state index in [0.29, 0.717) is 0 Å². The Morgan fingerprint density at radius 3 is 2.58 bits per heavy atom. The van der Waals surface area contributed by atoms with Gasteiger partial charge in [0.05, 0.1) is 5.69 Å². The van der Waals surface area contributed by atoms with Gasteiger partial charge in [0.2, 0.25) is 0 Å². The smallest absolute Gasteiger partial charge is 0.163 e. The maximum atomic E-state index is 4.67. The number of hydrogen-bond donors (Lipinski definition) is 1. The highest BCUT2D eigenvalue weighted by molar-refractivity contribution is 5.56. The second-order valence-corrected chi connectivity index (χ2v) is 5.48. The molecule has 0 atom stereocenters. The van der Waals surface area contributed by atoms with Gasteiger partial charge < -0.3 is 5.32 Å². The van der Waals surface area contributed by atoms with E-state index in [1.807, 2.05) is 18.2 Å². The van der Waals surface area contributed by atoms with Crippen molar-refractivity contribution in [3.63, 3.8) is 0 Å². The number of pyridine rings is 1. The van der Waals surface area contributed by atoms with Crippen molar-refractivity contribution in [3.8, 4) is 11.4 Å². The molecule has 0 bridgehead atoms. The zero-order chi connectivity index (χ0) is 13.9. The lowest BCUT2D eigenvalue weighted by molar-refractivity contribution is 0.568. The minimum absolute atomic E-state index is 0.00985. The second-order valence-electron chi connectivity index (χ2n) is 5.48. The number of nitrogens with one attached hydrogen (secondary N) is 1. The fourth-order valence-electron chi connectivity index (χ4n) is 1.73. The van der Waals surface area contributed by atoms with Gasteiger partial charge in [-0.3, -0.25) is 4.98 Å². The normalized spacial score (nSPS) is 11.4. The molecule has 2 aromatic heterocycles. The van der Waals surface area contributed by atoms with Gasteiger partial charge in [-0.15, -0.1) is 0 Å². The lowest BCUT2D eigenvalue weighted by Crippen LogP contribution is -2.16. The van der Waals surface area contributed by atoms with E-state index in [1.54, 1.807) is 12.4 Å². The summed E-state index contributed by atoms with van der Waals surface area (Å²) in [5.41, 5.74) is 1.95.